The molecule has 1 unspecified atom stereocenters. The van der Waals surface area contributed by atoms with Crippen LogP contribution in [0.4, 0.5) is 0 Å². The standard InChI is InChI=1S/C16H20N4O3/c1-11-8-20(10-16(2,3)23-11)13(21)9-19-7-4-12-14(15(19)22)18-6-5-17-12/h4-7,11H,8-10H2,1-3H3. The van der Waals surface area contributed by atoms with Gasteiger partial charge in [0.1, 0.15) is 6.54 Å². The second kappa shape index (κ2) is 5.73. The molecule has 1 amide bonds. The van der Waals surface area contributed by atoms with Gasteiger partial charge in [-0.2, -0.15) is 0 Å². The van der Waals surface area contributed by atoms with E-state index in [4.69, 9.17) is 4.74 Å². The van der Waals surface area contributed by atoms with Crippen molar-refractivity contribution < 1.29 is 9.53 Å². The minimum Gasteiger partial charge on any atom is -0.369 e. The molecule has 0 aliphatic carbocycles. The molecule has 2 aromatic rings. The highest BCUT2D eigenvalue weighted by Gasteiger charge is 2.33. The number of aromatic nitrogens is 3. The summed E-state index contributed by atoms with van der Waals surface area (Å²) < 4.78 is 7.19. The van der Waals surface area contributed by atoms with Gasteiger partial charge < -0.3 is 14.2 Å². The summed E-state index contributed by atoms with van der Waals surface area (Å²) in [6.07, 6.45) is 4.57. The van der Waals surface area contributed by atoms with Crippen molar-refractivity contribution in [2.24, 2.45) is 0 Å². The molecule has 0 spiro atoms. The number of pyridine rings is 1. The van der Waals surface area contributed by atoms with Crippen LogP contribution in [-0.2, 0) is 16.1 Å². The number of fused-ring (bicyclic) bond motifs is 1. The van der Waals surface area contributed by atoms with Gasteiger partial charge in [-0.05, 0) is 26.8 Å². The molecule has 23 heavy (non-hydrogen) atoms. The quantitative estimate of drug-likeness (QED) is 0.819. The predicted octanol–water partition coefficient (Wildman–Crippen LogP) is 0.817. The van der Waals surface area contributed by atoms with Gasteiger partial charge in [0, 0.05) is 31.7 Å². The SMILES string of the molecule is CC1CN(C(=O)Cn2ccc3nccnc3c2=O)CC(C)(C)O1. The first-order chi connectivity index (χ1) is 10.9. The van der Waals surface area contributed by atoms with Crippen molar-refractivity contribution in [1.29, 1.82) is 0 Å². The van der Waals surface area contributed by atoms with Gasteiger partial charge in [-0.1, -0.05) is 0 Å². The first kappa shape index (κ1) is 15.6. The van der Waals surface area contributed by atoms with Crippen molar-refractivity contribution in [2.45, 2.75) is 39.0 Å². The molecular weight excluding hydrogens is 296 g/mol. The molecule has 7 nitrogen and oxygen atoms in total. The van der Waals surface area contributed by atoms with Gasteiger partial charge in [0.25, 0.3) is 5.56 Å². The number of nitrogens with zero attached hydrogens (tertiary/aromatic N) is 4. The normalized spacial score (nSPS) is 20.7. The van der Waals surface area contributed by atoms with Crippen LogP contribution in [0, 0.1) is 0 Å². The predicted molar refractivity (Wildman–Crippen MR) is 85.0 cm³/mol. The molecule has 0 radical (unpaired) electrons. The fourth-order valence-electron chi connectivity index (χ4n) is 3.01. The van der Waals surface area contributed by atoms with E-state index in [1.54, 1.807) is 17.2 Å². The van der Waals surface area contributed by atoms with Gasteiger partial charge in [-0.15, -0.1) is 0 Å². The molecule has 1 fully saturated rings. The molecule has 1 atom stereocenters. The number of ether oxygens (including phenoxy) is 1. The van der Waals surface area contributed by atoms with E-state index >= 15 is 0 Å². The molecule has 3 heterocycles. The maximum absolute atomic E-state index is 12.6. The van der Waals surface area contributed by atoms with Crippen LogP contribution in [0.5, 0.6) is 0 Å². The van der Waals surface area contributed by atoms with Crippen molar-refractivity contribution in [3.05, 3.63) is 35.0 Å². The molecule has 0 aromatic carbocycles. The zero-order valence-electron chi connectivity index (χ0n) is 13.5. The summed E-state index contributed by atoms with van der Waals surface area (Å²) in [5.74, 6) is -0.0986. The van der Waals surface area contributed by atoms with E-state index in [9.17, 15) is 9.59 Å². The van der Waals surface area contributed by atoms with Crippen LogP contribution in [0.3, 0.4) is 0 Å². The van der Waals surface area contributed by atoms with Crippen LogP contribution < -0.4 is 5.56 Å². The number of amides is 1. The summed E-state index contributed by atoms with van der Waals surface area (Å²) in [5, 5.41) is 0. The Balaban J connectivity index is 1.83. The molecule has 7 heteroatoms. The van der Waals surface area contributed by atoms with Gasteiger partial charge in [0.2, 0.25) is 5.91 Å². The van der Waals surface area contributed by atoms with E-state index in [2.05, 4.69) is 9.97 Å². The zero-order valence-corrected chi connectivity index (χ0v) is 13.5. The van der Waals surface area contributed by atoms with Crippen LogP contribution in [-0.4, -0.2) is 50.1 Å². The highest BCUT2D eigenvalue weighted by Crippen LogP contribution is 2.20. The van der Waals surface area contributed by atoms with Gasteiger partial charge in [-0.25, -0.2) is 4.98 Å². The van der Waals surface area contributed by atoms with E-state index < -0.39 is 0 Å². The van der Waals surface area contributed by atoms with E-state index in [1.165, 1.54) is 17.0 Å². The topological polar surface area (TPSA) is 77.3 Å². The Kier molecular flexibility index (Phi) is 3.89. The fraction of sp³-hybridized carbons (Fsp3) is 0.500. The third-order valence-electron chi connectivity index (χ3n) is 3.83. The largest absolute Gasteiger partial charge is 0.369 e. The number of hydrogen-bond donors (Lipinski definition) is 0. The molecule has 1 saturated heterocycles. The van der Waals surface area contributed by atoms with Crippen LogP contribution in [0.1, 0.15) is 20.8 Å². The molecule has 0 N–H and O–H groups in total. The van der Waals surface area contributed by atoms with E-state index in [0.29, 0.717) is 18.6 Å². The lowest BCUT2D eigenvalue weighted by atomic mass is 10.1. The van der Waals surface area contributed by atoms with E-state index in [1.807, 2.05) is 20.8 Å². The van der Waals surface area contributed by atoms with Gasteiger partial charge in [0.15, 0.2) is 5.52 Å². The van der Waals surface area contributed by atoms with E-state index in [-0.39, 0.29) is 35.2 Å². The third-order valence-corrected chi connectivity index (χ3v) is 3.83. The summed E-state index contributed by atoms with van der Waals surface area (Å²) in [4.78, 5) is 34.9. The highest BCUT2D eigenvalue weighted by atomic mass is 16.5. The summed E-state index contributed by atoms with van der Waals surface area (Å²) in [6, 6.07) is 1.70. The van der Waals surface area contributed by atoms with Crippen molar-refractivity contribution in [3.8, 4) is 0 Å². The first-order valence-electron chi connectivity index (χ1n) is 7.61. The number of hydrogen-bond acceptors (Lipinski definition) is 5. The second-order valence-corrected chi connectivity index (χ2v) is 6.50. The second-order valence-electron chi connectivity index (χ2n) is 6.50. The first-order valence-corrected chi connectivity index (χ1v) is 7.61. The van der Waals surface area contributed by atoms with Crippen molar-refractivity contribution in [2.75, 3.05) is 13.1 Å². The Morgan fingerprint density at radius 2 is 2.13 bits per heavy atom. The average Bonchev–Trinajstić information content (AvgIpc) is 2.48. The molecule has 0 bridgehead atoms. The number of carbonyl (C=O) groups excluding carboxylic acids is 1. The molecule has 0 saturated carbocycles. The Bertz CT molecular complexity index is 799. The van der Waals surface area contributed by atoms with Gasteiger partial charge >= 0.3 is 0 Å². The lowest BCUT2D eigenvalue weighted by Crippen LogP contribution is -2.54. The molecular formula is C16H20N4O3. The summed E-state index contributed by atoms with van der Waals surface area (Å²) in [7, 11) is 0. The van der Waals surface area contributed by atoms with Gasteiger partial charge in [0.05, 0.1) is 17.2 Å². The molecule has 1 aliphatic rings. The average molecular weight is 316 g/mol. The zero-order chi connectivity index (χ0) is 16.6. The number of morpholine rings is 1. The lowest BCUT2D eigenvalue weighted by Gasteiger charge is -2.41. The minimum absolute atomic E-state index is 0.00581. The molecule has 2 aromatic heterocycles. The monoisotopic (exact) mass is 316 g/mol. The number of rotatable bonds is 2. The minimum atomic E-state index is -0.382. The highest BCUT2D eigenvalue weighted by molar-refractivity contribution is 5.77. The summed E-state index contributed by atoms with van der Waals surface area (Å²) in [5.41, 5.74) is 0.123. The van der Waals surface area contributed by atoms with Crippen molar-refractivity contribution in [1.82, 2.24) is 19.4 Å². The third kappa shape index (κ3) is 3.24. The Morgan fingerprint density at radius 1 is 1.39 bits per heavy atom. The summed E-state index contributed by atoms with van der Waals surface area (Å²) >= 11 is 0. The maximum atomic E-state index is 12.6. The van der Waals surface area contributed by atoms with Crippen molar-refractivity contribution in [3.63, 3.8) is 0 Å². The molecule has 1 aliphatic heterocycles. The van der Waals surface area contributed by atoms with Crippen LogP contribution in [0.2, 0.25) is 0 Å². The Hall–Kier alpha value is -2.28. The maximum Gasteiger partial charge on any atom is 0.279 e. The molecule has 3 rings (SSSR count). The van der Waals surface area contributed by atoms with Crippen LogP contribution in [0.25, 0.3) is 11.0 Å². The van der Waals surface area contributed by atoms with Crippen LogP contribution >= 0.6 is 0 Å². The Labute approximate surface area is 133 Å². The number of carbonyl (C=O) groups is 1. The lowest BCUT2D eigenvalue weighted by molar-refractivity contribution is -0.158. The van der Waals surface area contributed by atoms with Crippen LogP contribution in [0.15, 0.2) is 29.5 Å². The fourth-order valence-corrected chi connectivity index (χ4v) is 3.01. The summed E-state index contributed by atoms with van der Waals surface area (Å²) in [6.45, 7) is 6.90. The van der Waals surface area contributed by atoms with Crippen molar-refractivity contribution >= 4 is 16.9 Å². The van der Waals surface area contributed by atoms with Gasteiger partial charge in [-0.3, -0.25) is 14.6 Å². The molecule has 122 valence electrons. The smallest absolute Gasteiger partial charge is 0.279 e. The van der Waals surface area contributed by atoms with E-state index in [0.717, 1.165) is 0 Å². The Morgan fingerprint density at radius 3 is 2.87 bits per heavy atom.